The number of nitrogens with one attached hydrogen (secondary N) is 1. The predicted octanol–water partition coefficient (Wildman–Crippen LogP) is 1.53. The van der Waals surface area contributed by atoms with Gasteiger partial charge in [-0.1, -0.05) is 23.4 Å². The van der Waals surface area contributed by atoms with Crippen LogP contribution >= 0.6 is 0 Å². The number of carbonyl (C=O) groups excluding carboxylic acids is 4. The van der Waals surface area contributed by atoms with Gasteiger partial charge in [-0.25, -0.2) is 9.97 Å². The van der Waals surface area contributed by atoms with Crippen molar-refractivity contribution in [2.75, 3.05) is 6.54 Å². The largest absolute Gasteiger partial charge is 0.357 e. The van der Waals surface area contributed by atoms with Crippen LogP contribution in [-0.2, 0) is 25.7 Å². The van der Waals surface area contributed by atoms with Gasteiger partial charge in [0.15, 0.2) is 0 Å². The third-order valence-electron chi connectivity index (χ3n) is 6.91. The molecule has 1 atom stereocenters. The Labute approximate surface area is 216 Å². The Bertz CT molecular complexity index is 1510. The maximum absolute atomic E-state index is 13.4. The topological polar surface area (TPSA) is 151 Å². The summed E-state index contributed by atoms with van der Waals surface area (Å²) < 4.78 is 5.50. The first-order chi connectivity index (χ1) is 18.4. The lowest BCUT2D eigenvalue weighted by molar-refractivity contribution is -0.150. The molecule has 3 aromatic rings. The second-order valence-electron chi connectivity index (χ2n) is 9.41. The van der Waals surface area contributed by atoms with Crippen LogP contribution in [0.2, 0.25) is 0 Å². The van der Waals surface area contributed by atoms with Crippen molar-refractivity contribution in [2.45, 2.75) is 45.2 Å². The van der Waals surface area contributed by atoms with Crippen molar-refractivity contribution in [3.63, 3.8) is 0 Å². The Balaban J connectivity index is 1.22. The van der Waals surface area contributed by atoms with E-state index in [-0.39, 0.29) is 31.0 Å². The van der Waals surface area contributed by atoms with E-state index in [1.807, 2.05) is 31.2 Å². The first kappa shape index (κ1) is 23.6. The molecule has 0 spiro atoms. The Morgan fingerprint density at radius 1 is 1.03 bits per heavy atom. The zero-order valence-corrected chi connectivity index (χ0v) is 20.5. The number of amides is 4. The van der Waals surface area contributed by atoms with Gasteiger partial charge < -0.3 is 9.42 Å². The monoisotopic (exact) mass is 513 g/mol. The summed E-state index contributed by atoms with van der Waals surface area (Å²) in [6, 6.07) is 6.61. The molecule has 1 unspecified atom stereocenters. The Morgan fingerprint density at radius 3 is 2.61 bits per heavy atom. The number of imide groups is 2. The average molecular weight is 514 g/mol. The molecule has 38 heavy (non-hydrogen) atoms. The number of rotatable bonds is 5. The van der Waals surface area contributed by atoms with E-state index in [2.05, 4.69) is 25.4 Å². The number of piperidine rings is 1. The first-order valence-corrected chi connectivity index (χ1v) is 12.3. The van der Waals surface area contributed by atoms with Crippen molar-refractivity contribution in [3.8, 4) is 22.5 Å². The van der Waals surface area contributed by atoms with Gasteiger partial charge in [-0.15, -0.1) is 0 Å². The van der Waals surface area contributed by atoms with Gasteiger partial charge in [0.05, 0.1) is 6.54 Å². The molecule has 0 radical (unpaired) electrons. The molecule has 12 heteroatoms. The minimum Gasteiger partial charge on any atom is -0.357 e. The van der Waals surface area contributed by atoms with E-state index in [9.17, 15) is 19.2 Å². The van der Waals surface area contributed by atoms with Crippen LogP contribution in [0, 0.1) is 6.92 Å². The smallest absolute Gasteiger partial charge is 0.278 e. The quantitative estimate of drug-likeness (QED) is 0.497. The van der Waals surface area contributed by atoms with Gasteiger partial charge in [-0.05, 0) is 37.8 Å². The highest BCUT2D eigenvalue weighted by Gasteiger charge is 2.48. The minimum absolute atomic E-state index is 0.0742. The number of hydrogen-bond acceptors (Lipinski definition) is 10. The first-order valence-electron chi connectivity index (χ1n) is 12.3. The fourth-order valence-electron chi connectivity index (χ4n) is 5.04. The Kier molecular flexibility index (Phi) is 5.78. The van der Waals surface area contributed by atoms with Crippen LogP contribution in [0.5, 0.6) is 0 Å². The molecule has 3 aliphatic rings. The van der Waals surface area contributed by atoms with E-state index in [0.29, 0.717) is 36.6 Å². The van der Waals surface area contributed by atoms with E-state index in [0.717, 1.165) is 21.6 Å². The SMILES string of the molecule is Cc1ncc(-c2cccc(-c3noc(CN4CCCC5=C4C(=O)N(C4CCC(=O)NC4=O)C5=O)n3)c2)cn1. The van der Waals surface area contributed by atoms with Crippen molar-refractivity contribution in [1.82, 2.24) is 35.2 Å². The summed E-state index contributed by atoms with van der Waals surface area (Å²) >= 11 is 0. The molecule has 0 bridgehead atoms. The number of carbonyl (C=O) groups is 4. The molecule has 12 nitrogen and oxygen atoms in total. The zero-order chi connectivity index (χ0) is 26.4. The molecule has 1 N–H and O–H groups in total. The van der Waals surface area contributed by atoms with Crippen LogP contribution in [0.1, 0.15) is 37.4 Å². The summed E-state index contributed by atoms with van der Waals surface area (Å²) in [5, 5.41) is 6.34. The highest BCUT2D eigenvalue weighted by Crippen LogP contribution is 2.35. The molecule has 1 aromatic carbocycles. The summed E-state index contributed by atoms with van der Waals surface area (Å²) in [6.07, 6.45) is 4.78. The van der Waals surface area contributed by atoms with Crippen LogP contribution in [0.4, 0.5) is 0 Å². The van der Waals surface area contributed by atoms with E-state index in [1.165, 1.54) is 0 Å². The van der Waals surface area contributed by atoms with E-state index < -0.39 is 29.7 Å². The lowest BCUT2D eigenvalue weighted by atomic mass is 10.0. The van der Waals surface area contributed by atoms with Gasteiger partial charge in [-0.3, -0.25) is 29.4 Å². The second-order valence-corrected chi connectivity index (χ2v) is 9.41. The Hall–Kier alpha value is -4.74. The van der Waals surface area contributed by atoms with E-state index in [1.54, 1.807) is 17.3 Å². The molecular formula is C26H23N7O5. The fraction of sp³-hybridized carbons (Fsp3) is 0.308. The van der Waals surface area contributed by atoms with Gasteiger partial charge in [-0.2, -0.15) is 4.98 Å². The maximum Gasteiger partial charge on any atom is 0.278 e. The summed E-state index contributed by atoms with van der Waals surface area (Å²) in [7, 11) is 0. The zero-order valence-electron chi connectivity index (χ0n) is 20.5. The van der Waals surface area contributed by atoms with Crippen molar-refractivity contribution in [2.24, 2.45) is 0 Å². The molecule has 6 rings (SSSR count). The third kappa shape index (κ3) is 4.13. The van der Waals surface area contributed by atoms with Crippen LogP contribution in [0.3, 0.4) is 0 Å². The number of aromatic nitrogens is 4. The normalized spacial score (nSPS) is 19.8. The average Bonchev–Trinajstić information content (AvgIpc) is 3.48. The van der Waals surface area contributed by atoms with E-state index in [4.69, 9.17) is 4.52 Å². The molecule has 3 aliphatic heterocycles. The van der Waals surface area contributed by atoms with Crippen molar-refractivity contribution < 1.29 is 23.7 Å². The van der Waals surface area contributed by atoms with Crippen LogP contribution in [-0.4, -0.2) is 66.1 Å². The molecule has 5 heterocycles. The molecule has 0 saturated carbocycles. The molecule has 4 amide bonds. The molecule has 1 saturated heterocycles. The third-order valence-corrected chi connectivity index (χ3v) is 6.91. The summed E-state index contributed by atoms with van der Waals surface area (Å²) in [6.45, 7) is 2.48. The lowest BCUT2D eigenvalue weighted by Gasteiger charge is -2.29. The van der Waals surface area contributed by atoms with Crippen molar-refractivity contribution in [1.29, 1.82) is 0 Å². The number of aryl methyl sites for hydroxylation is 1. The predicted molar refractivity (Wildman–Crippen MR) is 130 cm³/mol. The van der Waals surface area contributed by atoms with Gasteiger partial charge in [0, 0.05) is 42.1 Å². The standard InChI is InChI=1S/C26H23N7O5/c1-14-27-11-17(12-28-14)15-4-2-5-16(10-15)23-30-21(38-31-23)13-32-9-3-6-18-22(32)26(37)33(25(18)36)19-7-8-20(34)29-24(19)35/h2,4-5,10-12,19H,3,6-9,13H2,1H3,(H,29,34,35). The fourth-order valence-corrected chi connectivity index (χ4v) is 5.04. The molecule has 2 aromatic heterocycles. The number of benzene rings is 1. The number of nitrogens with zero attached hydrogens (tertiary/aromatic N) is 6. The maximum atomic E-state index is 13.4. The van der Waals surface area contributed by atoms with Gasteiger partial charge in [0.2, 0.25) is 23.5 Å². The van der Waals surface area contributed by atoms with Crippen LogP contribution in [0.15, 0.2) is 52.5 Å². The number of hydrogen-bond donors (Lipinski definition) is 1. The van der Waals surface area contributed by atoms with Gasteiger partial charge in [0.1, 0.15) is 17.6 Å². The van der Waals surface area contributed by atoms with Crippen molar-refractivity contribution in [3.05, 3.63) is 59.6 Å². The molecule has 192 valence electrons. The minimum atomic E-state index is -0.999. The summed E-state index contributed by atoms with van der Waals surface area (Å²) in [4.78, 5) is 66.2. The Morgan fingerprint density at radius 2 is 1.82 bits per heavy atom. The highest BCUT2D eigenvalue weighted by molar-refractivity contribution is 6.21. The van der Waals surface area contributed by atoms with Gasteiger partial charge >= 0.3 is 0 Å². The molecule has 1 fully saturated rings. The van der Waals surface area contributed by atoms with Crippen LogP contribution in [0.25, 0.3) is 22.5 Å². The van der Waals surface area contributed by atoms with Gasteiger partial charge in [0.25, 0.3) is 11.8 Å². The van der Waals surface area contributed by atoms with E-state index >= 15 is 0 Å². The molecular weight excluding hydrogens is 490 g/mol. The highest BCUT2D eigenvalue weighted by atomic mass is 16.5. The summed E-state index contributed by atoms with van der Waals surface area (Å²) in [5.41, 5.74) is 3.14. The van der Waals surface area contributed by atoms with Crippen molar-refractivity contribution >= 4 is 23.6 Å². The lowest BCUT2D eigenvalue weighted by Crippen LogP contribution is -2.55. The summed E-state index contributed by atoms with van der Waals surface area (Å²) in [5.74, 6) is -0.687. The second kappa shape index (κ2) is 9.29. The molecule has 0 aliphatic carbocycles. The van der Waals surface area contributed by atoms with Crippen LogP contribution < -0.4 is 5.32 Å².